The standard InChI is InChI=1S/C23H27N5O6/c1-23(2)33-13-16(34-23)12-32-15-7-8-24-19(10-15)26-22(31)28-14-4-3-9-27(11-14)18-6-5-17(21(29)30)25-20(18)28/h5-8,10,14,16H,3-4,9,11-13H2,1-2H3,(H,29,30)(H,24,26,31). The monoisotopic (exact) mass is 469 g/mol. The van der Waals surface area contributed by atoms with E-state index in [1.165, 1.54) is 6.07 Å². The molecule has 11 nitrogen and oxygen atoms in total. The number of amides is 2. The summed E-state index contributed by atoms with van der Waals surface area (Å²) in [6.45, 7) is 5.98. The maximum atomic E-state index is 13.4. The van der Waals surface area contributed by atoms with Crippen LogP contribution in [0, 0.1) is 0 Å². The first-order valence-corrected chi connectivity index (χ1v) is 11.3. The van der Waals surface area contributed by atoms with E-state index in [1.807, 2.05) is 13.8 Å². The van der Waals surface area contributed by atoms with Crippen molar-refractivity contribution in [3.8, 4) is 5.75 Å². The van der Waals surface area contributed by atoms with E-state index in [-0.39, 0.29) is 17.8 Å². The van der Waals surface area contributed by atoms with Gasteiger partial charge in [0.25, 0.3) is 0 Å². The summed E-state index contributed by atoms with van der Waals surface area (Å²) in [7, 11) is 0. The number of urea groups is 1. The molecule has 11 heteroatoms. The molecule has 2 unspecified atom stereocenters. The van der Waals surface area contributed by atoms with Crippen LogP contribution in [0.1, 0.15) is 37.2 Å². The Kier molecular flexibility index (Phi) is 5.74. The van der Waals surface area contributed by atoms with E-state index >= 15 is 0 Å². The predicted octanol–water partition coefficient (Wildman–Crippen LogP) is 2.73. The van der Waals surface area contributed by atoms with Crippen molar-refractivity contribution in [3.05, 3.63) is 36.2 Å². The fraction of sp³-hybridized carbons (Fsp3) is 0.478. The summed E-state index contributed by atoms with van der Waals surface area (Å²) in [5.74, 6) is -0.560. The average molecular weight is 469 g/mol. The molecule has 2 N–H and O–H groups in total. The molecule has 2 fully saturated rings. The third-order valence-corrected chi connectivity index (χ3v) is 6.09. The molecule has 5 rings (SSSR count). The number of fused-ring (bicyclic) bond motifs is 4. The van der Waals surface area contributed by atoms with Crippen LogP contribution in [0.4, 0.5) is 22.1 Å². The van der Waals surface area contributed by atoms with Crippen LogP contribution in [-0.4, -0.2) is 71.3 Å². The number of pyridine rings is 2. The van der Waals surface area contributed by atoms with Gasteiger partial charge in [-0.2, -0.15) is 0 Å². The number of nitrogens with zero attached hydrogens (tertiary/aromatic N) is 4. The number of nitrogens with one attached hydrogen (secondary N) is 1. The van der Waals surface area contributed by atoms with Crippen LogP contribution in [0.3, 0.4) is 0 Å². The summed E-state index contributed by atoms with van der Waals surface area (Å²) in [6, 6.07) is 6.00. The number of carbonyl (C=O) groups excluding carboxylic acids is 1. The van der Waals surface area contributed by atoms with Crippen molar-refractivity contribution >= 4 is 29.3 Å². The Balaban J connectivity index is 1.32. The highest BCUT2D eigenvalue weighted by molar-refractivity contribution is 6.04. The Morgan fingerprint density at radius 1 is 1.32 bits per heavy atom. The van der Waals surface area contributed by atoms with Crippen LogP contribution >= 0.6 is 0 Å². The first-order chi connectivity index (χ1) is 16.3. The van der Waals surface area contributed by atoms with Gasteiger partial charge in [0, 0.05) is 25.4 Å². The van der Waals surface area contributed by atoms with E-state index in [0.717, 1.165) is 25.1 Å². The van der Waals surface area contributed by atoms with Gasteiger partial charge in [0.2, 0.25) is 0 Å². The molecule has 34 heavy (non-hydrogen) atoms. The van der Waals surface area contributed by atoms with Crippen LogP contribution in [0.25, 0.3) is 0 Å². The van der Waals surface area contributed by atoms with E-state index in [1.54, 1.807) is 29.3 Å². The van der Waals surface area contributed by atoms with Crippen molar-refractivity contribution in [1.82, 2.24) is 9.97 Å². The largest absolute Gasteiger partial charge is 0.491 e. The number of anilines is 3. The molecule has 2 aromatic heterocycles. The molecule has 2 bridgehead atoms. The minimum absolute atomic E-state index is 0.104. The zero-order valence-electron chi connectivity index (χ0n) is 19.1. The molecule has 5 heterocycles. The van der Waals surface area contributed by atoms with Gasteiger partial charge in [0.1, 0.15) is 24.3 Å². The highest BCUT2D eigenvalue weighted by atomic mass is 16.7. The fourth-order valence-corrected chi connectivity index (χ4v) is 4.58. The molecule has 0 aliphatic carbocycles. The minimum atomic E-state index is -1.14. The lowest BCUT2D eigenvalue weighted by molar-refractivity contribution is -0.141. The predicted molar refractivity (Wildman–Crippen MR) is 123 cm³/mol. The number of hydrogen-bond acceptors (Lipinski definition) is 8. The zero-order chi connectivity index (χ0) is 23.9. The van der Waals surface area contributed by atoms with Crippen molar-refractivity contribution in [2.45, 2.75) is 44.6 Å². The second-order valence-electron chi connectivity index (χ2n) is 9.03. The summed E-state index contributed by atoms with van der Waals surface area (Å²) in [5, 5.41) is 12.2. The number of rotatable bonds is 5. The van der Waals surface area contributed by atoms with Crippen LogP contribution in [0.5, 0.6) is 5.75 Å². The molecule has 2 saturated heterocycles. The van der Waals surface area contributed by atoms with E-state index in [4.69, 9.17) is 14.2 Å². The lowest BCUT2D eigenvalue weighted by atomic mass is 10.00. The Hall–Kier alpha value is -3.44. The second-order valence-corrected chi connectivity index (χ2v) is 9.03. The quantitative estimate of drug-likeness (QED) is 0.680. The van der Waals surface area contributed by atoms with Crippen molar-refractivity contribution < 1.29 is 28.9 Å². The van der Waals surface area contributed by atoms with E-state index in [9.17, 15) is 14.7 Å². The number of carbonyl (C=O) groups is 2. The van der Waals surface area contributed by atoms with Gasteiger partial charge in [-0.25, -0.2) is 19.6 Å². The maximum absolute atomic E-state index is 13.4. The summed E-state index contributed by atoms with van der Waals surface area (Å²) in [4.78, 5) is 37.1. The first-order valence-electron chi connectivity index (χ1n) is 11.3. The van der Waals surface area contributed by atoms with Gasteiger partial charge >= 0.3 is 12.0 Å². The molecule has 2 aromatic rings. The topological polar surface area (TPSA) is 126 Å². The van der Waals surface area contributed by atoms with Crippen molar-refractivity contribution in [1.29, 1.82) is 0 Å². The molecule has 0 saturated carbocycles. The number of aromatic nitrogens is 2. The number of aromatic carboxylic acids is 1. The summed E-state index contributed by atoms with van der Waals surface area (Å²) in [5.41, 5.74) is 0.649. The summed E-state index contributed by atoms with van der Waals surface area (Å²) < 4.78 is 17.1. The first kappa shape index (κ1) is 22.4. The molecule has 3 aliphatic rings. The molecule has 0 radical (unpaired) electrons. The second kappa shape index (κ2) is 8.73. The molecule has 0 spiro atoms. The van der Waals surface area contributed by atoms with Gasteiger partial charge in [0.05, 0.1) is 18.3 Å². The van der Waals surface area contributed by atoms with Crippen LogP contribution in [0.2, 0.25) is 0 Å². The fourth-order valence-electron chi connectivity index (χ4n) is 4.58. The highest BCUT2D eigenvalue weighted by Gasteiger charge is 2.39. The van der Waals surface area contributed by atoms with Crippen LogP contribution in [0.15, 0.2) is 30.5 Å². The molecule has 2 atom stereocenters. The molecule has 3 aliphatic heterocycles. The minimum Gasteiger partial charge on any atom is -0.491 e. The Labute approximate surface area is 196 Å². The normalized spacial score (nSPS) is 22.8. The maximum Gasteiger partial charge on any atom is 0.354 e. The van der Waals surface area contributed by atoms with Crippen molar-refractivity contribution in [2.24, 2.45) is 0 Å². The lowest BCUT2D eigenvalue weighted by Crippen LogP contribution is -2.56. The molecule has 0 aromatic carbocycles. The third kappa shape index (κ3) is 4.48. The van der Waals surface area contributed by atoms with Gasteiger partial charge in [-0.3, -0.25) is 10.2 Å². The van der Waals surface area contributed by atoms with Crippen molar-refractivity contribution in [3.63, 3.8) is 0 Å². The number of hydrogen-bond donors (Lipinski definition) is 2. The van der Waals surface area contributed by atoms with E-state index < -0.39 is 17.8 Å². The highest BCUT2D eigenvalue weighted by Crippen LogP contribution is 2.38. The van der Waals surface area contributed by atoms with Gasteiger partial charge in [-0.15, -0.1) is 0 Å². The zero-order valence-corrected chi connectivity index (χ0v) is 19.1. The van der Waals surface area contributed by atoms with Crippen LogP contribution in [-0.2, 0) is 9.47 Å². The smallest absolute Gasteiger partial charge is 0.354 e. The number of ether oxygens (including phenoxy) is 3. The number of carboxylic acid groups (broad SMARTS) is 1. The Morgan fingerprint density at radius 2 is 2.18 bits per heavy atom. The Bertz CT molecular complexity index is 1110. The molecular weight excluding hydrogens is 442 g/mol. The van der Waals surface area contributed by atoms with Crippen molar-refractivity contribution in [2.75, 3.05) is 41.4 Å². The van der Waals surface area contributed by atoms with Gasteiger partial charge in [-0.05, 0) is 44.9 Å². The Morgan fingerprint density at radius 3 is 2.94 bits per heavy atom. The molecule has 180 valence electrons. The molecular formula is C23H27N5O6. The summed E-state index contributed by atoms with van der Waals surface area (Å²) >= 11 is 0. The number of carboxylic acids is 1. The number of piperidine rings is 1. The third-order valence-electron chi connectivity index (χ3n) is 6.09. The SMILES string of the molecule is CC1(C)OCC(COc2ccnc(NC(=O)N3c4nc(C(=O)O)ccc4N4CCCC3C4)c2)O1. The van der Waals surface area contributed by atoms with Gasteiger partial charge < -0.3 is 24.2 Å². The van der Waals surface area contributed by atoms with E-state index in [0.29, 0.717) is 37.1 Å². The lowest BCUT2D eigenvalue weighted by Gasteiger charge is -2.45. The average Bonchev–Trinajstić information content (AvgIpc) is 3.16. The van der Waals surface area contributed by atoms with Crippen LogP contribution < -0.4 is 19.9 Å². The van der Waals surface area contributed by atoms with E-state index in [2.05, 4.69) is 20.2 Å². The van der Waals surface area contributed by atoms with Gasteiger partial charge in [0.15, 0.2) is 17.3 Å². The molecule has 2 amide bonds. The van der Waals surface area contributed by atoms with Gasteiger partial charge in [-0.1, -0.05) is 0 Å². The summed E-state index contributed by atoms with van der Waals surface area (Å²) in [6.07, 6.45) is 3.10.